The summed E-state index contributed by atoms with van der Waals surface area (Å²) in [5, 5.41) is 5.42. The molecule has 26 heavy (non-hydrogen) atoms. The summed E-state index contributed by atoms with van der Waals surface area (Å²) < 4.78 is 38.5. The zero-order chi connectivity index (χ0) is 18.6. The van der Waals surface area contributed by atoms with E-state index in [2.05, 4.69) is 20.6 Å². The summed E-state index contributed by atoms with van der Waals surface area (Å²) in [6.45, 7) is 0. The number of hydrogen-bond acceptors (Lipinski definition) is 4. The Kier molecular flexibility index (Phi) is 4.83. The number of aromatic nitrogens is 2. The molecule has 1 aromatic carbocycles. The number of nitrogens with zero attached hydrogens (tertiary/aromatic N) is 2. The lowest BCUT2D eigenvalue weighted by molar-refractivity contribution is -0.137. The lowest BCUT2D eigenvalue weighted by Crippen LogP contribution is -2.15. The molecule has 0 saturated carbocycles. The maximum Gasteiger partial charge on any atom is 0.416 e. The van der Waals surface area contributed by atoms with Gasteiger partial charge in [-0.15, -0.1) is 0 Å². The molecule has 2 heterocycles. The molecule has 0 spiro atoms. The third kappa shape index (κ3) is 4.15. The highest BCUT2D eigenvalue weighted by molar-refractivity contribution is 6.07. The standard InChI is InChI=1S/C18H13F3N4O/c19-18(20,21)12-4-1-5-13(10-12)24-16-15(7-3-9-23-16)17(26)25-14-6-2-8-22-11-14/h1-11H,(H,23,24)(H,25,26). The van der Waals surface area contributed by atoms with Gasteiger partial charge in [0.1, 0.15) is 5.82 Å². The molecule has 2 aromatic heterocycles. The van der Waals surface area contributed by atoms with Gasteiger partial charge in [0, 0.05) is 18.1 Å². The Balaban J connectivity index is 1.85. The molecule has 5 nitrogen and oxygen atoms in total. The predicted molar refractivity (Wildman–Crippen MR) is 91.2 cm³/mol. The van der Waals surface area contributed by atoms with E-state index in [9.17, 15) is 18.0 Å². The van der Waals surface area contributed by atoms with E-state index in [1.165, 1.54) is 30.6 Å². The fourth-order valence-electron chi connectivity index (χ4n) is 2.23. The summed E-state index contributed by atoms with van der Waals surface area (Å²) in [5.41, 5.74) is 0.0638. The highest BCUT2D eigenvalue weighted by Gasteiger charge is 2.30. The van der Waals surface area contributed by atoms with Crippen LogP contribution in [0.5, 0.6) is 0 Å². The first-order valence-electron chi connectivity index (χ1n) is 7.54. The molecule has 3 aromatic rings. The average Bonchev–Trinajstić information content (AvgIpc) is 2.62. The normalized spacial score (nSPS) is 11.0. The Labute approximate surface area is 146 Å². The molecule has 8 heteroatoms. The summed E-state index contributed by atoms with van der Waals surface area (Å²) in [7, 11) is 0. The van der Waals surface area contributed by atoms with Gasteiger partial charge in [-0.1, -0.05) is 6.07 Å². The Morgan fingerprint density at radius 2 is 1.73 bits per heavy atom. The smallest absolute Gasteiger partial charge is 0.340 e. The molecule has 3 rings (SSSR count). The van der Waals surface area contributed by atoms with Crippen molar-refractivity contribution in [3.8, 4) is 0 Å². The largest absolute Gasteiger partial charge is 0.416 e. The molecule has 2 N–H and O–H groups in total. The van der Waals surface area contributed by atoms with Gasteiger partial charge in [0.2, 0.25) is 0 Å². The molecular weight excluding hydrogens is 345 g/mol. The first-order chi connectivity index (χ1) is 12.4. The maximum atomic E-state index is 12.8. The number of amides is 1. The number of pyridine rings is 2. The second-order valence-corrected chi connectivity index (χ2v) is 5.30. The van der Waals surface area contributed by atoms with Crippen molar-refractivity contribution in [2.45, 2.75) is 6.18 Å². The second kappa shape index (κ2) is 7.22. The molecule has 0 radical (unpaired) electrons. The molecule has 0 atom stereocenters. The van der Waals surface area contributed by atoms with Gasteiger partial charge >= 0.3 is 6.18 Å². The summed E-state index contributed by atoms with van der Waals surface area (Å²) >= 11 is 0. The zero-order valence-corrected chi connectivity index (χ0v) is 13.3. The second-order valence-electron chi connectivity index (χ2n) is 5.30. The predicted octanol–water partition coefficient (Wildman–Crippen LogP) is 4.49. The minimum absolute atomic E-state index is 0.146. The minimum atomic E-state index is -4.46. The average molecular weight is 358 g/mol. The lowest BCUT2D eigenvalue weighted by Gasteiger charge is -2.13. The topological polar surface area (TPSA) is 66.9 Å². The van der Waals surface area contributed by atoms with Gasteiger partial charge in [-0.05, 0) is 42.5 Å². The first-order valence-corrected chi connectivity index (χ1v) is 7.54. The van der Waals surface area contributed by atoms with E-state index in [1.54, 1.807) is 24.4 Å². The summed E-state index contributed by atoms with van der Waals surface area (Å²) in [6, 6.07) is 11.1. The number of hydrogen-bond donors (Lipinski definition) is 2. The number of nitrogens with one attached hydrogen (secondary N) is 2. The summed E-state index contributed by atoms with van der Waals surface area (Å²) in [5.74, 6) is -0.311. The van der Waals surface area contributed by atoms with Crippen molar-refractivity contribution < 1.29 is 18.0 Å². The Morgan fingerprint density at radius 3 is 2.46 bits per heavy atom. The zero-order valence-electron chi connectivity index (χ0n) is 13.3. The van der Waals surface area contributed by atoms with Crippen molar-refractivity contribution in [1.29, 1.82) is 0 Å². The van der Waals surface area contributed by atoms with Crippen LogP contribution >= 0.6 is 0 Å². The van der Waals surface area contributed by atoms with Crippen LogP contribution in [0.25, 0.3) is 0 Å². The number of halogens is 3. The SMILES string of the molecule is O=C(Nc1cccnc1)c1cccnc1Nc1cccc(C(F)(F)F)c1. The molecule has 0 saturated heterocycles. The number of carbonyl (C=O) groups is 1. The van der Waals surface area contributed by atoms with Gasteiger partial charge in [-0.2, -0.15) is 13.2 Å². The fraction of sp³-hybridized carbons (Fsp3) is 0.0556. The summed E-state index contributed by atoms with van der Waals surface area (Å²) in [4.78, 5) is 20.4. The molecule has 0 unspecified atom stereocenters. The monoisotopic (exact) mass is 358 g/mol. The van der Waals surface area contributed by atoms with E-state index in [0.29, 0.717) is 5.69 Å². The van der Waals surface area contributed by atoms with Crippen LogP contribution in [0.2, 0.25) is 0 Å². The molecule has 0 aliphatic carbocycles. The quantitative estimate of drug-likeness (QED) is 0.721. The Morgan fingerprint density at radius 1 is 0.962 bits per heavy atom. The summed E-state index contributed by atoms with van der Waals surface area (Å²) in [6.07, 6.45) is 0.0354. The van der Waals surface area contributed by atoms with Crippen LogP contribution in [0.15, 0.2) is 67.1 Å². The van der Waals surface area contributed by atoms with Crippen molar-refractivity contribution in [3.05, 3.63) is 78.2 Å². The van der Waals surface area contributed by atoms with Crippen LogP contribution < -0.4 is 10.6 Å². The molecule has 0 bridgehead atoms. The van der Waals surface area contributed by atoms with Crippen molar-refractivity contribution >= 4 is 23.1 Å². The van der Waals surface area contributed by atoms with Crippen LogP contribution in [0, 0.1) is 0 Å². The van der Waals surface area contributed by atoms with Crippen LogP contribution in [0.4, 0.5) is 30.4 Å². The highest BCUT2D eigenvalue weighted by atomic mass is 19.4. The lowest BCUT2D eigenvalue weighted by atomic mass is 10.2. The third-order valence-corrected chi connectivity index (χ3v) is 3.42. The van der Waals surface area contributed by atoms with E-state index >= 15 is 0 Å². The van der Waals surface area contributed by atoms with Gasteiger partial charge in [0.15, 0.2) is 0 Å². The van der Waals surface area contributed by atoms with Crippen molar-refractivity contribution in [3.63, 3.8) is 0 Å². The maximum absolute atomic E-state index is 12.8. The number of rotatable bonds is 4. The van der Waals surface area contributed by atoms with Crippen LogP contribution in [0.3, 0.4) is 0 Å². The van der Waals surface area contributed by atoms with Crippen LogP contribution in [-0.2, 0) is 6.18 Å². The minimum Gasteiger partial charge on any atom is -0.340 e. The van der Waals surface area contributed by atoms with Crippen molar-refractivity contribution in [2.75, 3.05) is 10.6 Å². The third-order valence-electron chi connectivity index (χ3n) is 3.42. The number of benzene rings is 1. The van der Waals surface area contributed by atoms with E-state index in [1.807, 2.05) is 0 Å². The van der Waals surface area contributed by atoms with Gasteiger partial charge in [-0.25, -0.2) is 4.98 Å². The molecule has 0 aliphatic heterocycles. The van der Waals surface area contributed by atoms with Gasteiger partial charge in [0.05, 0.1) is 23.0 Å². The van der Waals surface area contributed by atoms with Gasteiger partial charge in [-0.3, -0.25) is 9.78 Å². The van der Waals surface area contributed by atoms with E-state index in [4.69, 9.17) is 0 Å². The number of anilines is 3. The highest BCUT2D eigenvalue weighted by Crippen LogP contribution is 2.31. The van der Waals surface area contributed by atoms with Crippen LogP contribution in [0.1, 0.15) is 15.9 Å². The van der Waals surface area contributed by atoms with E-state index < -0.39 is 17.6 Å². The Bertz CT molecular complexity index is 914. The van der Waals surface area contributed by atoms with E-state index in [-0.39, 0.29) is 17.1 Å². The molecular formula is C18H13F3N4O. The molecule has 132 valence electrons. The molecule has 1 amide bonds. The molecule has 0 aliphatic rings. The fourth-order valence-corrected chi connectivity index (χ4v) is 2.23. The van der Waals surface area contributed by atoms with Crippen molar-refractivity contribution in [2.24, 2.45) is 0 Å². The van der Waals surface area contributed by atoms with Gasteiger partial charge < -0.3 is 10.6 Å². The molecule has 0 fully saturated rings. The Hall–Kier alpha value is -3.42. The van der Waals surface area contributed by atoms with E-state index in [0.717, 1.165) is 12.1 Å². The van der Waals surface area contributed by atoms with Gasteiger partial charge in [0.25, 0.3) is 5.91 Å². The number of carbonyl (C=O) groups excluding carboxylic acids is 1. The van der Waals surface area contributed by atoms with Crippen molar-refractivity contribution in [1.82, 2.24) is 9.97 Å². The first kappa shape index (κ1) is 17.4. The van der Waals surface area contributed by atoms with Crippen LogP contribution in [-0.4, -0.2) is 15.9 Å². The number of alkyl halides is 3.